The fraction of sp³-hybridized carbons (Fsp3) is 0.105. The molecule has 0 fully saturated rings. The lowest BCUT2D eigenvalue weighted by molar-refractivity contribution is -0.140. The van der Waals surface area contributed by atoms with Crippen molar-refractivity contribution in [1.29, 1.82) is 21.0 Å². The van der Waals surface area contributed by atoms with Crippen LogP contribution in [0.4, 0.5) is 35.1 Å². The van der Waals surface area contributed by atoms with Gasteiger partial charge in [0.05, 0.1) is 52.0 Å². The van der Waals surface area contributed by atoms with Crippen molar-refractivity contribution in [1.82, 2.24) is 9.97 Å². The number of fused-ring (bicyclic) bond motifs is 6. The molecule has 1 aromatic heterocycles. The molecule has 14 heteroatoms. The molecule has 0 saturated carbocycles. The summed E-state index contributed by atoms with van der Waals surface area (Å²) in [4.78, 5) is 9.57. The van der Waals surface area contributed by atoms with Gasteiger partial charge in [0.15, 0.2) is 0 Å². The molecule has 7 rings (SSSR count). The second-order valence-electron chi connectivity index (χ2n) is 11.8. The van der Waals surface area contributed by atoms with Gasteiger partial charge in [0.2, 0.25) is 0 Å². The molecule has 2 aliphatic rings. The largest absolute Gasteiger partial charge is 0.419 e. The number of hydrogen-bond donors (Lipinski definition) is 0. The zero-order valence-corrected chi connectivity index (χ0v) is 25.8. The van der Waals surface area contributed by atoms with Crippen molar-refractivity contribution < 1.29 is 35.1 Å². The number of allylic oxidation sites excluding steroid dienone is 1. The van der Waals surface area contributed by atoms with E-state index in [1.54, 1.807) is 0 Å². The third-order valence-electron chi connectivity index (χ3n) is 8.94. The first-order chi connectivity index (χ1) is 24.7. The van der Waals surface area contributed by atoms with Gasteiger partial charge in [-0.1, -0.05) is 36.4 Å². The number of hydrogen-bond acceptors (Lipinski definition) is 6. The van der Waals surface area contributed by atoms with E-state index in [1.165, 1.54) is 36.4 Å². The smallest absolute Gasteiger partial charge is 0.247 e. The van der Waals surface area contributed by atoms with Gasteiger partial charge in [-0.25, -0.2) is 18.7 Å². The standard InChI is InChI=1S/C38H14F8N6/c39-29-7-3-19(11-27(29)37(41,42)43)17-1-5-23-25(9-17)31(21(13-47)14-48)35-33(23)51-36-32(22(15-49)16-50)26-10-18(2-6-24(26)34(36)52-35)20-4-8-30(40)28(12-20)38(44,45)46/h1-12,21,31H. The highest BCUT2D eigenvalue weighted by molar-refractivity contribution is 6.03. The molecule has 5 aromatic rings. The Balaban J connectivity index is 1.42. The van der Waals surface area contributed by atoms with Crippen LogP contribution in [0.3, 0.4) is 0 Å². The minimum Gasteiger partial charge on any atom is -0.247 e. The maximum absolute atomic E-state index is 14.1. The first-order valence-electron chi connectivity index (χ1n) is 15.0. The summed E-state index contributed by atoms with van der Waals surface area (Å²) in [6.45, 7) is 0. The summed E-state index contributed by atoms with van der Waals surface area (Å²) >= 11 is 0. The summed E-state index contributed by atoms with van der Waals surface area (Å²) in [5.41, 5.74) is -1.27. The second-order valence-corrected chi connectivity index (χ2v) is 11.8. The number of aromatic nitrogens is 2. The second kappa shape index (κ2) is 11.9. The van der Waals surface area contributed by atoms with E-state index in [1.807, 2.05) is 24.3 Å². The van der Waals surface area contributed by atoms with E-state index in [0.29, 0.717) is 41.0 Å². The van der Waals surface area contributed by atoms with E-state index >= 15 is 0 Å². The van der Waals surface area contributed by atoms with Crippen LogP contribution in [0.1, 0.15) is 39.6 Å². The highest BCUT2D eigenvalue weighted by Gasteiger charge is 2.42. The van der Waals surface area contributed by atoms with E-state index in [2.05, 4.69) is 0 Å². The lowest BCUT2D eigenvalue weighted by atomic mass is 9.86. The van der Waals surface area contributed by atoms with Gasteiger partial charge in [-0.2, -0.15) is 47.4 Å². The first kappa shape index (κ1) is 33.6. The quantitative estimate of drug-likeness (QED) is 0.133. The van der Waals surface area contributed by atoms with E-state index in [4.69, 9.17) is 9.97 Å². The minimum atomic E-state index is -4.98. The molecule has 0 aliphatic heterocycles. The molecule has 0 spiro atoms. The van der Waals surface area contributed by atoms with Gasteiger partial charge in [0, 0.05) is 16.7 Å². The Labute approximate surface area is 288 Å². The predicted octanol–water partition coefficient (Wildman–Crippen LogP) is 9.73. The average molecular weight is 707 g/mol. The summed E-state index contributed by atoms with van der Waals surface area (Å²) in [5.74, 6) is -5.37. The summed E-state index contributed by atoms with van der Waals surface area (Å²) in [6, 6.07) is 21.2. The summed E-state index contributed by atoms with van der Waals surface area (Å²) in [6.07, 6.45) is -9.96. The molecule has 2 aliphatic carbocycles. The van der Waals surface area contributed by atoms with Crippen LogP contribution in [-0.4, -0.2) is 9.97 Å². The molecule has 52 heavy (non-hydrogen) atoms. The van der Waals surface area contributed by atoms with Crippen LogP contribution < -0.4 is 0 Å². The zero-order valence-electron chi connectivity index (χ0n) is 25.8. The molecule has 1 unspecified atom stereocenters. The van der Waals surface area contributed by atoms with Gasteiger partial charge in [0.25, 0.3) is 0 Å². The van der Waals surface area contributed by atoms with Gasteiger partial charge >= 0.3 is 12.4 Å². The maximum Gasteiger partial charge on any atom is 0.419 e. The molecular formula is C38H14F8N6. The van der Waals surface area contributed by atoms with Crippen molar-refractivity contribution >= 4 is 5.57 Å². The fourth-order valence-electron chi connectivity index (χ4n) is 6.60. The number of benzene rings is 4. The Bertz CT molecular complexity index is 2560. The molecule has 6 nitrogen and oxygen atoms in total. The molecule has 252 valence electrons. The van der Waals surface area contributed by atoms with Crippen molar-refractivity contribution in [3.63, 3.8) is 0 Å². The van der Waals surface area contributed by atoms with Crippen LogP contribution in [0.15, 0.2) is 78.4 Å². The molecule has 0 N–H and O–H groups in total. The van der Waals surface area contributed by atoms with Crippen molar-refractivity contribution in [2.75, 3.05) is 0 Å². The van der Waals surface area contributed by atoms with Crippen LogP contribution in [-0.2, 0) is 12.4 Å². The SMILES string of the molecule is N#CC(C#N)=C1c2cc(-c3ccc(F)c(C(F)(F)F)c3)ccc2-c2nc3c(nc21)-c1ccc(-c2ccc(F)c(C(F)(F)F)c2)cc1C3C(C#N)C#N. The third-order valence-corrected chi connectivity index (χ3v) is 8.94. The van der Waals surface area contributed by atoms with Gasteiger partial charge in [-0.3, -0.25) is 0 Å². The number of nitriles is 4. The normalized spacial score (nSPS) is 14.0. The minimum absolute atomic E-state index is 0.00579. The molecule has 0 saturated heterocycles. The van der Waals surface area contributed by atoms with Crippen LogP contribution in [0, 0.1) is 62.9 Å². The number of rotatable bonds is 3. The van der Waals surface area contributed by atoms with Gasteiger partial charge in [-0.15, -0.1) is 0 Å². The third kappa shape index (κ3) is 5.21. The Morgan fingerprint density at radius 1 is 0.577 bits per heavy atom. The van der Waals surface area contributed by atoms with Crippen LogP contribution in [0.2, 0.25) is 0 Å². The van der Waals surface area contributed by atoms with Crippen molar-refractivity contribution in [2.45, 2.75) is 18.3 Å². The number of nitrogens with zero attached hydrogens (tertiary/aromatic N) is 6. The van der Waals surface area contributed by atoms with Gasteiger partial charge in [0.1, 0.15) is 35.3 Å². The summed E-state index contributed by atoms with van der Waals surface area (Å²) < 4.78 is 109. The Hall–Kier alpha value is -6.90. The first-order valence-corrected chi connectivity index (χ1v) is 15.0. The van der Waals surface area contributed by atoms with Crippen LogP contribution in [0.5, 0.6) is 0 Å². The van der Waals surface area contributed by atoms with E-state index in [9.17, 15) is 56.2 Å². The average Bonchev–Trinajstić information content (AvgIpc) is 3.59. The highest BCUT2D eigenvalue weighted by Crippen LogP contribution is 2.52. The lowest BCUT2D eigenvalue weighted by Crippen LogP contribution is -2.11. The summed E-state index contributed by atoms with van der Waals surface area (Å²) in [5, 5.41) is 39.8. The molecular weight excluding hydrogens is 692 g/mol. The topological polar surface area (TPSA) is 121 Å². The lowest BCUT2D eigenvalue weighted by Gasteiger charge is -2.15. The molecule has 4 aromatic carbocycles. The molecule has 0 bridgehead atoms. The van der Waals surface area contributed by atoms with E-state index in [0.717, 1.165) is 12.1 Å². The summed E-state index contributed by atoms with van der Waals surface area (Å²) in [7, 11) is 0. The van der Waals surface area contributed by atoms with Crippen LogP contribution >= 0.6 is 0 Å². The Kier molecular flexibility index (Phi) is 7.66. The monoisotopic (exact) mass is 706 g/mol. The van der Waals surface area contributed by atoms with Crippen LogP contribution in [0.25, 0.3) is 50.3 Å². The Morgan fingerprint density at radius 2 is 1.08 bits per heavy atom. The molecule has 1 heterocycles. The van der Waals surface area contributed by atoms with Crippen molar-refractivity contribution in [2.24, 2.45) is 5.92 Å². The zero-order chi connectivity index (χ0) is 37.3. The number of halogens is 8. The predicted molar refractivity (Wildman–Crippen MR) is 168 cm³/mol. The van der Waals surface area contributed by atoms with Gasteiger partial charge < -0.3 is 0 Å². The molecule has 1 atom stereocenters. The van der Waals surface area contributed by atoms with Crippen molar-refractivity contribution in [3.05, 3.63) is 124 Å². The Morgan fingerprint density at radius 3 is 1.60 bits per heavy atom. The molecule has 0 amide bonds. The maximum atomic E-state index is 14.1. The van der Waals surface area contributed by atoms with Gasteiger partial charge in [-0.05, 0) is 69.8 Å². The number of alkyl halides is 6. The van der Waals surface area contributed by atoms with Crippen molar-refractivity contribution in [3.8, 4) is 69.0 Å². The fourth-order valence-corrected chi connectivity index (χ4v) is 6.60. The molecule has 0 radical (unpaired) electrons. The van der Waals surface area contributed by atoms with E-state index < -0.39 is 52.5 Å². The highest BCUT2D eigenvalue weighted by atomic mass is 19.4. The van der Waals surface area contributed by atoms with E-state index in [-0.39, 0.29) is 56.2 Å².